The molecule has 0 fully saturated rings. The quantitative estimate of drug-likeness (QED) is 0.783. The van der Waals surface area contributed by atoms with E-state index in [1.54, 1.807) is 30.5 Å². The number of rotatable bonds is 3. The molecule has 0 spiro atoms. The number of aromatic nitrogens is 1. The van der Waals surface area contributed by atoms with Crippen LogP contribution in [0.25, 0.3) is 0 Å². The van der Waals surface area contributed by atoms with Crippen molar-refractivity contribution < 1.29 is 9.53 Å². The maximum absolute atomic E-state index is 11.2. The van der Waals surface area contributed by atoms with Gasteiger partial charge in [0, 0.05) is 11.8 Å². The summed E-state index contributed by atoms with van der Waals surface area (Å²) in [6.07, 6.45) is 1.70. The van der Waals surface area contributed by atoms with E-state index in [4.69, 9.17) is 16.3 Å². The van der Waals surface area contributed by atoms with E-state index in [0.29, 0.717) is 22.1 Å². The first-order chi connectivity index (χ1) is 8.58. The van der Waals surface area contributed by atoms with Gasteiger partial charge in [-0.3, -0.25) is 9.78 Å². The van der Waals surface area contributed by atoms with Crippen molar-refractivity contribution in [1.82, 2.24) is 4.98 Å². The van der Waals surface area contributed by atoms with E-state index in [9.17, 15) is 4.79 Å². The van der Waals surface area contributed by atoms with E-state index >= 15 is 0 Å². The average molecular weight is 262 g/mol. The molecule has 3 nitrogen and oxygen atoms in total. The summed E-state index contributed by atoms with van der Waals surface area (Å²) in [4.78, 5) is 15.3. The molecule has 0 aliphatic carbocycles. The SMILES string of the molecule is CC(=O)c1ccc(Oc2cccnc2C)c(Cl)c1. The molecular weight excluding hydrogens is 250 g/mol. The number of hydrogen-bond acceptors (Lipinski definition) is 3. The van der Waals surface area contributed by atoms with Crippen molar-refractivity contribution >= 4 is 17.4 Å². The molecule has 0 N–H and O–H groups in total. The van der Waals surface area contributed by atoms with Gasteiger partial charge in [-0.25, -0.2) is 0 Å². The maximum atomic E-state index is 11.2. The zero-order chi connectivity index (χ0) is 13.1. The van der Waals surface area contributed by atoms with Gasteiger partial charge < -0.3 is 4.74 Å². The lowest BCUT2D eigenvalue weighted by atomic mass is 10.1. The monoisotopic (exact) mass is 261 g/mol. The van der Waals surface area contributed by atoms with Crippen molar-refractivity contribution in [3.63, 3.8) is 0 Å². The molecule has 0 saturated carbocycles. The van der Waals surface area contributed by atoms with Crippen LogP contribution in [0, 0.1) is 6.92 Å². The molecule has 0 bridgehead atoms. The zero-order valence-corrected chi connectivity index (χ0v) is 10.9. The Hall–Kier alpha value is -1.87. The number of nitrogens with zero attached hydrogens (tertiary/aromatic N) is 1. The third-order valence-corrected chi connectivity index (χ3v) is 2.81. The second-order valence-corrected chi connectivity index (χ2v) is 4.30. The molecule has 1 heterocycles. The van der Waals surface area contributed by atoms with Crippen molar-refractivity contribution in [2.24, 2.45) is 0 Å². The number of carbonyl (C=O) groups excluding carboxylic acids is 1. The number of halogens is 1. The van der Waals surface area contributed by atoms with Crippen molar-refractivity contribution in [1.29, 1.82) is 0 Å². The van der Waals surface area contributed by atoms with Crippen LogP contribution in [0.1, 0.15) is 23.0 Å². The molecule has 0 unspecified atom stereocenters. The van der Waals surface area contributed by atoms with E-state index in [1.807, 2.05) is 13.0 Å². The number of benzene rings is 1. The van der Waals surface area contributed by atoms with E-state index in [1.165, 1.54) is 6.92 Å². The van der Waals surface area contributed by atoms with Gasteiger partial charge >= 0.3 is 0 Å². The topological polar surface area (TPSA) is 39.2 Å². The molecule has 0 amide bonds. The first-order valence-electron chi connectivity index (χ1n) is 5.48. The van der Waals surface area contributed by atoms with Crippen molar-refractivity contribution in [2.75, 3.05) is 0 Å². The summed E-state index contributed by atoms with van der Waals surface area (Å²) in [6, 6.07) is 8.59. The first-order valence-corrected chi connectivity index (χ1v) is 5.85. The van der Waals surface area contributed by atoms with Gasteiger partial charge in [-0.1, -0.05) is 11.6 Å². The lowest BCUT2D eigenvalue weighted by molar-refractivity contribution is 0.101. The second kappa shape index (κ2) is 5.19. The van der Waals surface area contributed by atoms with Crippen LogP contribution in [0.4, 0.5) is 0 Å². The molecule has 2 rings (SSSR count). The molecule has 0 saturated heterocycles. The minimum atomic E-state index is -0.0268. The summed E-state index contributed by atoms with van der Waals surface area (Å²) >= 11 is 6.08. The van der Waals surface area contributed by atoms with E-state index in [0.717, 1.165) is 5.69 Å². The molecule has 1 aromatic heterocycles. The van der Waals surface area contributed by atoms with Gasteiger partial charge in [0.25, 0.3) is 0 Å². The summed E-state index contributed by atoms with van der Waals surface area (Å²) in [5.74, 6) is 1.13. The van der Waals surface area contributed by atoms with Crippen LogP contribution in [0.3, 0.4) is 0 Å². The minimum Gasteiger partial charge on any atom is -0.454 e. The van der Waals surface area contributed by atoms with Crippen molar-refractivity contribution in [3.8, 4) is 11.5 Å². The van der Waals surface area contributed by atoms with Gasteiger partial charge in [-0.15, -0.1) is 0 Å². The number of ether oxygens (including phenoxy) is 1. The lowest BCUT2D eigenvalue weighted by Crippen LogP contribution is -1.94. The Morgan fingerprint density at radius 2 is 2.06 bits per heavy atom. The van der Waals surface area contributed by atoms with Crippen LogP contribution in [-0.4, -0.2) is 10.8 Å². The van der Waals surface area contributed by atoms with Crippen LogP contribution >= 0.6 is 11.6 Å². The highest BCUT2D eigenvalue weighted by Crippen LogP contribution is 2.31. The molecule has 1 aromatic carbocycles. The summed E-state index contributed by atoms with van der Waals surface area (Å²) in [5, 5.41) is 0.408. The normalized spacial score (nSPS) is 10.2. The number of carbonyl (C=O) groups is 1. The largest absolute Gasteiger partial charge is 0.454 e. The fourth-order valence-electron chi connectivity index (χ4n) is 1.50. The van der Waals surface area contributed by atoms with E-state index in [2.05, 4.69) is 4.98 Å². The summed E-state index contributed by atoms with van der Waals surface area (Å²) < 4.78 is 5.67. The molecular formula is C14H12ClNO2. The van der Waals surface area contributed by atoms with E-state index in [-0.39, 0.29) is 5.78 Å². The standard InChI is InChI=1S/C14H12ClNO2/c1-9-13(4-3-7-16-9)18-14-6-5-11(10(2)17)8-12(14)15/h3-8H,1-2H3. The van der Waals surface area contributed by atoms with Crippen LogP contribution < -0.4 is 4.74 Å². The maximum Gasteiger partial charge on any atom is 0.159 e. The van der Waals surface area contributed by atoms with Crippen molar-refractivity contribution in [3.05, 3.63) is 52.8 Å². The van der Waals surface area contributed by atoms with Crippen molar-refractivity contribution in [2.45, 2.75) is 13.8 Å². The summed E-state index contributed by atoms with van der Waals surface area (Å²) in [5.41, 5.74) is 1.35. The Labute approximate surface area is 110 Å². The molecule has 0 atom stereocenters. The highest BCUT2D eigenvalue weighted by atomic mass is 35.5. The highest BCUT2D eigenvalue weighted by molar-refractivity contribution is 6.32. The molecule has 0 aliphatic rings. The minimum absolute atomic E-state index is 0.0268. The highest BCUT2D eigenvalue weighted by Gasteiger charge is 2.08. The fraction of sp³-hybridized carbons (Fsp3) is 0.143. The third-order valence-electron chi connectivity index (χ3n) is 2.52. The molecule has 18 heavy (non-hydrogen) atoms. The van der Waals surface area contributed by atoms with Gasteiger partial charge in [0.1, 0.15) is 11.5 Å². The van der Waals surface area contributed by atoms with Crippen LogP contribution in [0.5, 0.6) is 11.5 Å². The Morgan fingerprint density at radius 3 is 2.67 bits per heavy atom. The fourth-order valence-corrected chi connectivity index (χ4v) is 1.72. The number of Topliss-reactive ketones (excluding diaryl/α,β-unsaturated/α-hetero) is 1. The average Bonchev–Trinajstić information content (AvgIpc) is 2.34. The predicted molar refractivity (Wildman–Crippen MR) is 70.5 cm³/mol. The van der Waals surface area contributed by atoms with Gasteiger partial charge in [0.15, 0.2) is 5.78 Å². The summed E-state index contributed by atoms with van der Waals surface area (Å²) in [7, 11) is 0. The number of hydrogen-bond donors (Lipinski definition) is 0. The molecule has 2 aromatic rings. The number of pyridine rings is 1. The van der Waals surface area contributed by atoms with Gasteiger partial charge in [0.05, 0.1) is 10.7 Å². The first kappa shape index (κ1) is 12.6. The molecule has 92 valence electrons. The predicted octanol–water partition coefficient (Wildman–Crippen LogP) is 4.04. The molecule has 0 radical (unpaired) electrons. The number of ketones is 1. The van der Waals surface area contributed by atoms with Gasteiger partial charge in [-0.2, -0.15) is 0 Å². The second-order valence-electron chi connectivity index (χ2n) is 3.89. The molecule has 4 heteroatoms. The van der Waals surface area contributed by atoms with Gasteiger partial charge in [-0.05, 0) is 44.2 Å². The Balaban J connectivity index is 2.30. The smallest absolute Gasteiger partial charge is 0.159 e. The third kappa shape index (κ3) is 2.68. The Bertz CT molecular complexity index is 596. The Kier molecular flexibility index (Phi) is 3.63. The van der Waals surface area contributed by atoms with Gasteiger partial charge in [0.2, 0.25) is 0 Å². The van der Waals surface area contributed by atoms with Crippen LogP contribution in [-0.2, 0) is 0 Å². The van der Waals surface area contributed by atoms with E-state index < -0.39 is 0 Å². The molecule has 0 aliphatic heterocycles. The Morgan fingerprint density at radius 1 is 1.28 bits per heavy atom. The number of aryl methyl sites for hydroxylation is 1. The zero-order valence-electron chi connectivity index (χ0n) is 10.1. The summed E-state index contributed by atoms with van der Waals surface area (Å²) in [6.45, 7) is 3.35. The van der Waals surface area contributed by atoms with Crippen LogP contribution in [0.2, 0.25) is 5.02 Å². The lowest BCUT2D eigenvalue weighted by Gasteiger charge is -2.09. The van der Waals surface area contributed by atoms with Crippen LogP contribution in [0.15, 0.2) is 36.5 Å².